The Balaban J connectivity index is 2.12. The van der Waals surface area contributed by atoms with Gasteiger partial charge in [-0.3, -0.25) is 4.79 Å². The van der Waals surface area contributed by atoms with Gasteiger partial charge in [-0.05, 0) is 31.1 Å². The number of alkyl halides is 4. The van der Waals surface area contributed by atoms with Crippen LogP contribution in [0.4, 0.5) is 17.6 Å². The topological polar surface area (TPSA) is 59.0 Å². The van der Waals surface area contributed by atoms with Gasteiger partial charge in [0.25, 0.3) is 0 Å². The maximum absolute atomic E-state index is 12.5. The molecule has 0 bridgehead atoms. The van der Waals surface area contributed by atoms with E-state index in [4.69, 9.17) is 0 Å². The highest BCUT2D eigenvalue weighted by Gasteiger charge is 2.20. The van der Waals surface area contributed by atoms with Crippen LogP contribution in [0.15, 0.2) is 24.3 Å². The highest BCUT2D eigenvalue weighted by molar-refractivity contribution is 5.92. The zero-order valence-corrected chi connectivity index (χ0v) is 13.1. The van der Waals surface area contributed by atoms with Crippen molar-refractivity contribution in [3.8, 4) is 11.5 Å². The number of aliphatic hydroxyl groups excluding tert-OH is 1. The van der Waals surface area contributed by atoms with Gasteiger partial charge < -0.3 is 19.5 Å². The van der Waals surface area contributed by atoms with E-state index in [1.807, 2.05) is 0 Å². The largest absolute Gasteiger partial charge is 0.435 e. The first-order chi connectivity index (χ1) is 11.8. The molecule has 0 spiro atoms. The fraction of sp³-hybridized carbons (Fsp3) is 0.438. The van der Waals surface area contributed by atoms with Gasteiger partial charge in [0, 0.05) is 30.8 Å². The Morgan fingerprint density at radius 3 is 2.40 bits per heavy atom. The smallest absolute Gasteiger partial charge is 0.387 e. The number of benzene rings is 1. The van der Waals surface area contributed by atoms with Crippen molar-refractivity contribution >= 4 is 12.0 Å². The quantitative estimate of drug-likeness (QED) is 0.624. The van der Waals surface area contributed by atoms with Crippen LogP contribution in [-0.4, -0.2) is 48.3 Å². The average molecular weight is 363 g/mol. The van der Waals surface area contributed by atoms with E-state index in [0.717, 1.165) is 12.1 Å². The molecule has 0 aliphatic carbocycles. The van der Waals surface area contributed by atoms with Gasteiger partial charge in [0.15, 0.2) is 0 Å². The molecule has 1 aromatic rings. The number of halogens is 4. The molecule has 1 heterocycles. The third-order valence-electron chi connectivity index (χ3n) is 3.61. The molecule has 2 rings (SSSR count). The summed E-state index contributed by atoms with van der Waals surface area (Å²) in [6, 6.07) is 3.30. The van der Waals surface area contributed by atoms with E-state index in [1.165, 1.54) is 23.1 Å². The van der Waals surface area contributed by atoms with E-state index in [1.54, 1.807) is 0 Å². The second kappa shape index (κ2) is 8.70. The van der Waals surface area contributed by atoms with Crippen LogP contribution in [0.2, 0.25) is 0 Å². The van der Waals surface area contributed by atoms with Gasteiger partial charge in [-0.25, -0.2) is 0 Å². The van der Waals surface area contributed by atoms with Gasteiger partial charge in [-0.15, -0.1) is 0 Å². The van der Waals surface area contributed by atoms with Gasteiger partial charge in [0.1, 0.15) is 11.5 Å². The van der Waals surface area contributed by atoms with Crippen LogP contribution in [0.3, 0.4) is 0 Å². The Morgan fingerprint density at radius 2 is 1.80 bits per heavy atom. The SMILES string of the molecule is O=C(/C=C/c1ccc(OC(F)F)cc1OC(F)F)N1CCC(O)CC1. The van der Waals surface area contributed by atoms with Crippen LogP contribution < -0.4 is 9.47 Å². The Labute approximate surface area is 141 Å². The van der Waals surface area contributed by atoms with Crippen molar-refractivity contribution in [2.24, 2.45) is 0 Å². The summed E-state index contributed by atoms with van der Waals surface area (Å²) in [7, 11) is 0. The fourth-order valence-corrected chi connectivity index (χ4v) is 2.38. The molecule has 138 valence electrons. The predicted molar refractivity (Wildman–Crippen MR) is 80.6 cm³/mol. The monoisotopic (exact) mass is 363 g/mol. The number of carbonyl (C=O) groups is 1. The lowest BCUT2D eigenvalue weighted by Gasteiger charge is -2.28. The number of hydrogen-bond acceptors (Lipinski definition) is 4. The molecule has 5 nitrogen and oxygen atoms in total. The molecule has 0 atom stereocenters. The molecule has 1 N–H and O–H groups in total. The third-order valence-corrected chi connectivity index (χ3v) is 3.61. The zero-order valence-electron chi connectivity index (χ0n) is 13.1. The Morgan fingerprint density at radius 1 is 1.16 bits per heavy atom. The van der Waals surface area contributed by atoms with Gasteiger partial charge >= 0.3 is 13.2 Å². The lowest BCUT2D eigenvalue weighted by molar-refractivity contribution is -0.127. The predicted octanol–water partition coefficient (Wildman–Crippen LogP) is 2.89. The van der Waals surface area contributed by atoms with Gasteiger partial charge in [-0.2, -0.15) is 17.6 Å². The van der Waals surface area contributed by atoms with Gasteiger partial charge in [0.2, 0.25) is 5.91 Å². The molecule has 0 aromatic heterocycles. The number of nitrogens with zero attached hydrogens (tertiary/aromatic N) is 1. The number of hydrogen-bond donors (Lipinski definition) is 1. The summed E-state index contributed by atoms with van der Waals surface area (Å²) in [6.45, 7) is -5.47. The number of carbonyl (C=O) groups excluding carboxylic acids is 1. The summed E-state index contributed by atoms with van der Waals surface area (Å²) < 4.78 is 57.8. The second-order valence-corrected chi connectivity index (χ2v) is 5.35. The molecule has 9 heteroatoms. The summed E-state index contributed by atoms with van der Waals surface area (Å²) in [4.78, 5) is 13.6. The molecular weight excluding hydrogens is 346 g/mol. The maximum Gasteiger partial charge on any atom is 0.387 e. The van der Waals surface area contributed by atoms with E-state index in [2.05, 4.69) is 9.47 Å². The minimum atomic E-state index is -3.16. The zero-order chi connectivity index (χ0) is 18.4. The Hall–Kier alpha value is -2.29. The molecule has 1 aromatic carbocycles. The lowest BCUT2D eigenvalue weighted by atomic mass is 10.1. The summed E-state index contributed by atoms with van der Waals surface area (Å²) in [5.74, 6) is -1.06. The van der Waals surface area contributed by atoms with Gasteiger partial charge in [0.05, 0.1) is 6.10 Å². The molecule has 1 fully saturated rings. The van der Waals surface area contributed by atoms with Crippen molar-refractivity contribution in [1.82, 2.24) is 4.90 Å². The van der Waals surface area contributed by atoms with Crippen LogP contribution in [0.25, 0.3) is 6.08 Å². The second-order valence-electron chi connectivity index (χ2n) is 5.35. The van der Waals surface area contributed by atoms with Crippen molar-refractivity contribution < 1.29 is 36.9 Å². The van der Waals surface area contributed by atoms with E-state index in [-0.39, 0.29) is 23.0 Å². The van der Waals surface area contributed by atoms with E-state index < -0.39 is 19.3 Å². The van der Waals surface area contributed by atoms with Crippen LogP contribution in [0.1, 0.15) is 18.4 Å². The molecule has 0 unspecified atom stereocenters. The normalized spacial score (nSPS) is 16.0. The Kier molecular flexibility index (Phi) is 6.63. The molecule has 1 aliphatic rings. The number of amides is 1. The van der Waals surface area contributed by atoms with Crippen molar-refractivity contribution in [2.75, 3.05) is 13.1 Å². The van der Waals surface area contributed by atoms with Crippen molar-refractivity contribution in [3.05, 3.63) is 29.8 Å². The number of rotatable bonds is 6. The van der Waals surface area contributed by atoms with Gasteiger partial charge in [-0.1, -0.05) is 0 Å². The molecule has 0 radical (unpaired) electrons. The van der Waals surface area contributed by atoms with Crippen molar-refractivity contribution in [3.63, 3.8) is 0 Å². The molecule has 25 heavy (non-hydrogen) atoms. The molecule has 1 amide bonds. The number of ether oxygens (including phenoxy) is 2. The first-order valence-electron chi connectivity index (χ1n) is 7.54. The van der Waals surface area contributed by atoms with Crippen molar-refractivity contribution in [1.29, 1.82) is 0 Å². The van der Waals surface area contributed by atoms with Crippen LogP contribution >= 0.6 is 0 Å². The third kappa shape index (κ3) is 5.93. The Bertz CT molecular complexity index is 616. The van der Waals surface area contributed by atoms with Crippen molar-refractivity contribution in [2.45, 2.75) is 32.2 Å². The van der Waals surface area contributed by atoms with Crippen LogP contribution in [-0.2, 0) is 4.79 Å². The number of piperidine rings is 1. The molecule has 1 saturated heterocycles. The first-order valence-corrected chi connectivity index (χ1v) is 7.54. The van der Waals surface area contributed by atoms with E-state index >= 15 is 0 Å². The summed E-state index contributed by atoms with van der Waals surface area (Å²) >= 11 is 0. The van der Waals surface area contributed by atoms with E-state index in [9.17, 15) is 27.5 Å². The highest BCUT2D eigenvalue weighted by Crippen LogP contribution is 2.28. The summed E-state index contributed by atoms with van der Waals surface area (Å²) in [5, 5.41) is 9.42. The molecule has 1 aliphatic heterocycles. The minimum Gasteiger partial charge on any atom is -0.435 e. The number of aliphatic hydroxyl groups is 1. The molecular formula is C16H17F4NO4. The minimum absolute atomic E-state index is 0.118. The van der Waals surface area contributed by atoms with E-state index in [0.29, 0.717) is 25.9 Å². The summed E-state index contributed by atoms with van der Waals surface area (Å²) in [6.07, 6.45) is 2.95. The fourth-order valence-electron chi connectivity index (χ4n) is 2.38. The maximum atomic E-state index is 12.5. The summed E-state index contributed by atoms with van der Waals surface area (Å²) in [5.41, 5.74) is 0.118. The average Bonchev–Trinajstić information content (AvgIpc) is 2.53. The van der Waals surface area contributed by atoms with Crippen LogP contribution in [0.5, 0.6) is 11.5 Å². The first kappa shape index (κ1) is 19.0. The standard InChI is InChI=1S/C16H17F4NO4/c17-15(18)24-12-3-1-10(13(9-12)25-16(19)20)2-4-14(23)21-7-5-11(22)6-8-21/h1-4,9,11,15-16,22H,5-8H2/b4-2+. The highest BCUT2D eigenvalue weighted by atomic mass is 19.3. The lowest BCUT2D eigenvalue weighted by Crippen LogP contribution is -2.39. The number of likely N-dealkylation sites (tertiary alicyclic amines) is 1. The molecule has 0 saturated carbocycles. The van der Waals surface area contributed by atoms with Crippen LogP contribution in [0, 0.1) is 0 Å².